The van der Waals surface area contributed by atoms with Crippen LogP contribution in [0.4, 0.5) is 9.52 Å². The minimum Gasteiger partial charge on any atom is -0.294 e. The van der Waals surface area contributed by atoms with Gasteiger partial charge in [-0.3, -0.25) is 10.1 Å². The summed E-state index contributed by atoms with van der Waals surface area (Å²) >= 11 is 2.53. The Hall–Kier alpha value is -2.98. The van der Waals surface area contributed by atoms with Crippen LogP contribution in [-0.4, -0.2) is 30.0 Å². The van der Waals surface area contributed by atoms with Gasteiger partial charge in [0.15, 0.2) is 5.82 Å². The van der Waals surface area contributed by atoms with Crippen LogP contribution in [0.1, 0.15) is 10.6 Å². The lowest BCUT2D eigenvalue weighted by atomic mass is 10.3. The van der Waals surface area contributed by atoms with E-state index in [0.29, 0.717) is 16.6 Å². The van der Waals surface area contributed by atoms with Crippen molar-refractivity contribution in [3.8, 4) is 16.4 Å². The molecule has 0 saturated carbocycles. The Balaban J connectivity index is 1.75. The Kier molecular flexibility index (Phi) is 4.04. The van der Waals surface area contributed by atoms with Crippen molar-refractivity contribution in [1.82, 2.24) is 24.1 Å². The van der Waals surface area contributed by atoms with Crippen molar-refractivity contribution in [1.29, 1.82) is 0 Å². The van der Waals surface area contributed by atoms with Crippen LogP contribution >= 0.6 is 22.9 Å². The van der Waals surface area contributed by atoms with Gasteiger partial charge in [-0.05, 0) is 35.7 Å². The van der Waals surface area contributed by atoms with Crippen molar-refractivity contribution in [3.63, 3.8) is 0 Å². The van der Waals surface area contributed by atoms with Crippen LogP contribution in [0.2, 0.25) is 0 Å². The summed E-state index contributed by atoms with van der Waals surface area (Å²) in [7, 11) is 0. The number of hydrogen-bond acceptors (Lipinski definition) is 7. The maximum Gasteiger partial charge on any atom is 0.297 e. The Labute approximate surface area is 149 Å². The van der Waals surface area contributed by atoms with Gasteiger partial charge in [-0.25, -0.2) is 19.0 Å². The van der Waals surface area contributed by atoms with Gasteiger partial charge < -0.3 is 0 Å². The van der Waals surface area contributed by atoms with Crippen LogP contribution in [0.25, 0.3) is 16.4 Å². The third-order valence-electron chi connectivity index (χ3n) is 3.20. The highest BCUT2D eigenvalue weighted by Gasteiger charge is 2.20. The topological polar surface area (TPSA) is 85.6 Å². The smallest absolute Gasteiger partial charge is 0.294 e. The molecule has 10 heteroatoms. The van der Waals surface area contributed by atoms with Crippen molar-refractivity contribution < 1.29 is 9.18 Å². The summed E-state index contributed by atoms with van der Waals surface area (Å²) in [6.45, 7) is 0. The van der Waals surface area contributed by atoms with Crippen molar-refractivity contribution >= 4 is 33.9 Å². The first-order valence-corrected chi connectivity index (χ1v) is 8.71. The van der Waals surface area contributed by atoms with Crippen LogP contribution in [0.5, 0.6) is 0 Å². The maximum atomic E-state index is 13.2. The highest BCUT2D eigenvalue weighted by Crippen LogP contribution is 2.26. The number of rotatable bonds is 4. The highest BCUT2D eigenvalue weighted by atomic mass is 32.1. The van der Waals surface area contributed by atoms with E-state index < -0.39 is 5.91 Å². The molecule has 0 unspecified atom stereocenters. The first kappa shape index (κ1) is 15.5. The number of hydrogen-bond donors (Lipinski definition) is 1. The molecule has 25 heavy (non-hydrogen) atoms. The van der Waals surface area contributed by atoms with Gasteiger partial charge >= 0.3 is 0 Å². The first-order valence-electron chi connectivity index (χ1n) is 7.05. The van der Waals surface area contributed by atoms with E-state index in [9.17, 15) is 9.18 Å². The minimum absolute atomic E-state index is 0.0112. The molecule has 4 rings (SSSR count). The molecule has 0 saturated heterocycles. The van der Waals surface area contributed by atoms with Gasteiger partial charge in [0.25, 0.3) is 5.91 Å². The number of anilines is 1. The molecule has 1 amide bonds. The van der Waals surface area contributed by atoms with Crippen molar-refractivity contribution in [2.24, 2.45) is 0 Å². The van der Waals surface area contributed by atoms with Gasteiger partial charge in [-0.15, -0.1) is 16.4 Å². The first-order chi connectivity index (χ1) is 12.2. The third-order valence-corrected chi connectivity index (χ3v) is 4.65. The zero-order valence-corrected chi connectivity index (χ0v) is 14.1. The van der Waals surface area contributed by atoms with E-state index in [1.165, 1.54) is 34.5 Å². The fraction of sp³-hybridized carbons (Fsp3) is 0. The minimum atomic E-state index is -0.490. The van der Waals surface area contributed by atoms with E-state index in [1.54, 1.807) is 12.1 Å². The Bertz CT molecular complexity index is 996. The lowest BCUT2D eigenvalue weighted by molar-refractivity contribution is 0.101. The zero-order valence-electron chi connectivity index (χ0n) is 12.5. The second-order valence-electron chi connectivity index (χ2n) is 4.83. The number of nitrogens with one attached hydrogen (secondary N) is 1. The number of carbonyl (C=O) groups is 1. The highest BCUT2D eigenvalue weighted by molar-refractivity contribution is 7.13. The number of thiophene rings is 1. The van der Waals surface area contributed by atoms with Crippen LogP contribution in [0.15, 0.2) is 48.1 Å². The summed E-state index contributed by atoms with van der Waals surface area (Å²) < 4.78 is 18.5. The Morgan fingerprint density at radius 3 is 2.72 bits per heavy atom. The molecule has 0 bridgehead atoms. The fourth-order valence-electron chi connectivity index (χ4n) is 2.12. The molecule has 0 aliphatic carbocycles. The molecule has 3 aromatic heterocycles. The van der Waals surface area contributed by atoms with E-state index in [2.05, 4.69) is 24.8 Å². The number of benzene rings is 1. The molecule has 0 spiro atoms. The quantitative estimate of drug-likeness (QED) is 0.594. The van der Waals surface area contributed by atoms with Gasteiger partial charge in [0.1, 0.15) is 12.1 Å². The van der Waals surface area contributed by atoms with Crippen LogP contribution in [-0.2, 0) is 0 Å². The molecule has 7 nitrogen and oxygen atoms in total. The molecular weight excluding hydrogens is 363 g/mol. The summed E-state index contributed by atoms with van der Waals surface area (Å²) in [6, 6.07) is 9.57. The van der Waals surface area contributed by atoms with Gasteiger partial charge in [-0.2, -0.15) is 4.37 Å². The molecule has 1 N–H and O–H groups in total. The number of carbonyl (C=O) groups excluding carboxylic acids is 1. The van der Waals surface area contributed by atoms with E-state index in [1.807, 2.05) is 17.5 Å². The monoisotopic (exact) mass is 372 g/mol. The van der Waals surface area contributed by atoms with Gasteiger partial charge in [-0.1, -0.05) is 6.07 Å². The summed E-state index contributed by atoms with van der Waals surface area (Å²) in [6.07, 6.45) is 1.35. The van der Waals surface area contributed by atoms with Gasteiger partial charge in [0.2, 0.25) is 11.0 Å². The van der Waals surface area contributed by atoms with E-state index in [4.69, 9.17) is 0 Å². The largest absolute Gasteiger partial charge is 0.297 e. The standard InChI is InChI=1S/C15H9FN6OS2/c16-9-3-5-10(6-4-9)22-13(11-2-1-7-24-11)19-12(21-22)14(23)20-15-17-8-18-25-15/h1-8H,(H,17,18,20,23). The average Bonchev–Trinajstić information content (AvgIpc) is 3.36. The van der Waals surface area contributed by atoms with E-state index in [-0.39, 0.29) is 11.6 Å². The number of aromatic nitrogens is 5. The van der Waals surface area contributed by atoms with E-state index in [0.717, 1.165) is 16.4 Å². The fourth-order valence-corrected chi connectivity index (χ4v) is 3.24. The second-order valence-corrected chi connectivity index (χ2v) is 6.55. The molecule has 0 atom stereocenters. The van der Waals surface area contributed by atoms with Gasteiger partial charge in [0.05, 0.1) is 10.6 Å². The van der Waals surface area contributed by atoms with Crippen LogP contribution < -0.4 is 5.32 Å². The summed E-state index contributed by atoms with van der Waals surface area (Å²) in [5.74, 6) is -0.349. The van der Waals surface area contributed by atoms with Crippen LogP contribution in [0, 0.1) is 5.82 Å². The molecule has 0 aliphatic rings. The second kappa shape index (κ2) is 6.49. The van der Waals surface area contributed by atoms with Crippen molar-refractivity contribution in [2.75, 3.05) is 5.32 Å². The SMILES string of the molecule is O=C(Nc1ncns1)c1nc(-c2cccs2)n(-c2ccc(F)cc2)n1. The maximum absolute atomic E-state index is 13.2. The number of halogens is 1. The van der Waals surface area contributed by atoms with Crippen molar-refractivity contribution in [3.05, 3.63) is 59.7 Å². The van der Waals surface area contributed by atoms with Crippen LogP contribution in [0.3, 0.4) is 0 Å². The molecular formula is C15H9FN6OS2. The molecule has 124 valence electrons. The zero-order chi connectivity index (χ0) is 17.2. The van der Waals surface area contributed by atoms with Crippen molar-refractivity contribution in [2.45, 2.75) is 0 Å². The predicted octanol–water partition coefficient (Wildman–Crippen LogP) is 3.24. The lowest BCUT2D eigenvalue weighted by Crippen LogP contribution is -2.14. The number of nitrogens with zero attached hydrogens (tertiary/aromatic N) is 5. The third kappa shape index (κ3) is 3.16. The summed E-state index contributed by atoms with van der Waals surface area (Å²) in [4.78, 5) is 21.5. The van der Waals surface area contributed by atoms with Gasteiger partial charge in [0, 0.05) is 11.5 Å². The Morgan fingerprint density at radius 2 is 2.04 bits per heavy atom. The molecule has 0 fully saturated rings. The molecule has 0 aliphatic heterocycles. The normalized spacial score (nSPS) is 10.8. The lowest BCUT2D eigenvalue weighted by Gasteiger charge is -2.03. The molecule has 4 aromatic rings. The Morgan fingerprint density at radius 1 is 1.20 bits per heavy atom. The van der Waals surface area contributed by atoms with E-state index >= 15 is 0 Å². The number of amides is 1. The summed E-state index contributed by atoms with van der Waals surface area (Å²) in [5.41, 5.74) is 0.604. The molecule has 0 radical (unpaired) electrons. The predicted molar refractivity (Wildman–Crippen MR) is 92.5 cm³/mol. The molecule has 3 heterocycles. The molecule has 1 aromatic carbocycles. The summed E-state index contributed by atoms with van der Waals surface area (Å²) in [5, 5.41) is 9.14. The average molecular weight is 372 g/mol.